The lowest BCUT2D eigenvalue weighted by Crippen LogP contribution is -2.13. The van der Waals surface area contributed by atoms with E-state index in [1.807, 2.05) is 0 Å². The second kappa shape index (κ2) is 7.61. The number of anilines is 1. The van der Waals surface area contributed by atoms with Gasteiger partial charge in [0.2, 0.25) is 0 Å². The first-order valence-electron chi connectivity index (χ1n) is 6.99. The first kappa shape index (κ1) is 16.0. The van der Waals surface area contributed by atoms with E-state index < -0.39 is 11.9 Å². The molecule has 1 aliphatic rings. The molecule has 0 spiro atoms. The van der Waals surface area contributed by atoms with Gasteiger partial charge in [-0.3, -0.25) is 0 Å². The first-order chi connectivity index (χ1) is 10.1. The molecule has 0 saturated carbocycles. The van der Waals surface area contributed by atoms with E-state index in [9.17, 15) is 13.2 Å². The van der Waals surface area contributed by atoms with Crippen LogP contribution in [0.2, 0.25) is 0 Å². The van der Waals surface area contributed by atoms with Gasteiger partial charge in [0.1, 0.15) is 11.5 Å². The van der Waals surface area contributed by atoms with Crippen LogP contribution in [-0.4, -0.2) is 38.0 Å². The zero-order valence-corrected chi connectivity index (χ0v) is 11.7. The van der Waals surface area contributed by atoms with E-state index in [1.165, 1.54) is 12.1 Å². The predicted octanol–water partition coefficient (Wildman–Crippen LogP) is 2.96. The summed E-state index contributed by atoms with van der Waals surface area (Å²) in [5.74, 6) is 0.706. The molecule has 21 heavy (non-hydrogen) atoms. The van der Waals surface area contributed by atoms with Crippen molar-refractivity contribution in [1.29, 1.82) is 0 Å². The SMILES string of the molecule is FC(F)(F)c1cccc(NCCCOC[C@@H]2CCOC2)n1. The average Bonchev–Trinajstić information content (AvgIpc) is 2.95. The number of hydrogen-bond donors (Lipinski definition) is 1. The molecule has 1 fully saturated rings. The molecule has 118 valence electrons. The molecule has 1 aromatic heterocycles. The van der Waals surface area contributed by atoms with E-state index in [0.717, 1.165) is 25.7 Å². The summed E-state index contributed by atoms with van der Waals surface area (Å²) in [6.07, 6.45) is -2.66. The van der Waals surface area contributed by atoms with Gasteiger partial charge in [0.25, 0.3) is 0 Å². The van der Waals surface area contributed by atoms with Crippen molar-refractivity contribution in [3.05, 3.63) is 23.9 Å². The highest BCUT2D eigenvalue weighted by molar-refractivity contribution is 5.35. The van der Waals surface area contributed by atoms with E-state index in [1.54, 1.807) is 0 Å². The average molecular weight is 304 g/mol. The lowest BCUT2D eigenvalue weighted by atomic mass is 10.1. The van der Waals surface area contributed by atoms with Gasteiger partial charge in [-0.15, -0.1) is 0 Å². The molecule has 0 bridgehead atoms. The third-order valence-electron chi connectivity index (χ3n) is 3.19. The minimum atomic E-state index is -4.41. The third-order valence-corrected chi connectivity index (χ3v) is 3.19. The van der Waals surface area contributed by atoms with Crippen LogP contribution in [0.5, 0.6) is 0 Å². The molecule has 0 aliphatic carbocycles. The number of rotatable bonds is 7. The van der Waals surface area contributed by atoms with Gasteiger partial charge < -0.3 is 14.8 Å². The first-order valence-corrected chi connectivity index (χ1v) is 6.99. The molecular formula is C14H19F3N2O2. The maximum Gasteiger partial charge on any atom is 0.433 e. The Balaban J connectivity index is 1.62. The van der Waals surface area contributed by atoms with Gasteiger partial charge >= 0.3 is 6.18 Å². The Kier molecular flexibility index (Phi) is 5.81. The standard InChI is InChI=1S/C14H19F3N2O2/c15-14(16,17)12-3-1-4-13(19-12)18-6-2-7-20-9-11-5-8-21-10-11/h1,3-4,11H,2,5-10H2,(H,18,19)/t11-/m0/s1. The van der Waals surface area contributed by atoms with Gasteiger partial charge in [0.15, 0.2) is 0 Å². The van der Waals surface area contributed by atoms with Gasteiger partial charge in [-0.1, -0.05) is 6.07 Å². The summed E-state index contributed by atoms with van der Waals surface area (Å²) < 4.78 is 48.2. The molecule has 2 heterocycles. The van der Waals surface area contributed by atoms with Crippen LogP contribution < -0.4 is 5.32 Å². The van der Waals surface area contributed by atoms with Gasteiger partial charge in [-0.25, -0.2) is 4.98 Å². The highest BCUT2D eigenvalue weighted by Gasteiger charge is 2.32. The monoisotopic (exact) mass is 304 g/mol. The summed E-state index contributed by atoms with van der Waals surface area (Å²) in [7, 11) is 0. The van der Waals surface area contributed by atoms with E-state index in [4.69, 9.17) is 9.47 Å². The van der Waals surface area contributed by atoms with Crippen LogP contribution in [0.15, 0.2) is 18.2 Å². The van der Waals surface area contributed by atoms with Crippen LogP contribution in [0, 0.1) is 5.92 Å². The highest BCUT2D eigenvalue weighted by Crippen LogP contribution is 2.28. The predicted molar refractivity (Wildman–Crippen MR) is 72.1 cm³/mol. The number of alkyl halides is 3. The van der Waals surface area contributed by atoms with Crippen LogP contribution >= 0.6 is 0 Å². The van der Waals surface area contributed by atoms with Crippen LogP contribution in [0.25, 0.3) is 0 Å². The lowest BCUT2D eigenvalue weighted by Gasteiger charge is -2.10. The summed E-state index contributed by atoms with van der Waals surface area (Å²) in [5.41, 5.74) is -0.884. The number of hydrogen-bond acceptors (Lipinski definition) is 4. The second-order valence-electron chi connectivity index (χ2n) is 4.99. The summed E-state index contributed by atoms with van der Waals surface area (Å²) in [6.45, 7) is 3.34. The van der Waals surface area contributed by atoms with Crippen molar-refractivity contribution in [2.75, 3.05) is 38.3 Å². The Morgan fingerprint density at radius 3 is 2.95 bits per heavy atom. The molecule has 4 nitrogen and oxygen atoms in total. The maximum absolute atomic E-state index is 12.5. The van der Waals surface area contributed by atoms with E-state index in [2.05, 4.69) is 10.3 Å². The summed E-state index contributed by atoms with van der Waals surface area (Å²) >= 11 is 0. The zero-order chi connectivity index (χ0) is 15.1. The lowest BCUT2D eigenvalue weighted by molar-refractivity contribution is -0.141. The Bertz CT molecular complexity index is 434. The molecule has 1 aromatic rings. The second-order valence-corrected chi connectivity index (χ2v) is 4.99. The van der Waals surface area contributed by atoms with Gasteiger partial charge in [0.05, 0.1) is 13.2 Å². The molecular weight excluding hydrogens is 285 g/mol. The fourth-order valence-corrected chi connectivity index (χ4v) is 2.05. The summed E-state index contributed by atoms with van der Waals surface area (Å²) in [5, 5.41) is 2.87. The minimum Gasteiger partial charge on any atom is -0.381 e. The maximum atomic E-state index is 12.5. The Morgan fingerprint density at radius 1 is 1.38 bits per heavy atom. The van der Waals surface area contributed by atoms with E-state index in [0.29, 0.717) is 32.1 Å². The minimum absolute atomic E-state index is 0.231. The van der Waals surface area contributed by atoms with Crippen molar-refractivity contribution >= 4 is 5.82 Å². The molecule has 1 atom stereocenters. The van der Waals surface area contributed by atoms with E-state index in [-0.39, 0.29) is 5.82 Å². The zero-order valence-electron chi connectivity index (χ0n) is 11.7. The fraction of sp³-hybridized carbons (Fsp3) is 0.643. The van der Waals surface area contributed by atoms with Crippen LogP contribution in [0.4, 0.5) is 19.0 Å². The Labute approximate surface area is 121 Å². The van der Waals surface area contributed by atoms with Crippen LogP contribution in [0.3, 0.4) is 0 Å². The molecule has 1 aliphatic heterocycles. The Hall–Kier alpha value is -1.34. The van der Waals surface area contributed by atoms with Crippen LogP contribution in [-0.2, 0) is 15.7 Å². The molecule has 1 N–H and O–H groups in total. The molecule has 0 aromatic carbocycles. The van der Waals surface area contributed by atoms with Gasteiger partial charge in [-0.2, -0.15) is 13.2 Å². The number of pyridine rings is 1. The Morgan fingerprint density at radius 2 is 2.24 bits per heavy atom. The normalized spacial score (nSPS) is 18.9. The number of aromatic nitrogens is 1. The molecule has 0 amide bonds. The van der Waals surface area contributed by atoms with Gasteiger partial charge in [0, 0.05) is 25.7 Å². The van der Waals surface area contributed by atoms with Crippen LogP contribution in [0.1, 0.15) is 18.5 Å². The number of ether oxygens (including phenoxy) is 2. The van der Waals surface area contributed by atoms with E-state index >= 15 is 0 Å². The van der Waals surface area contributed by atoms with Gasteiger partial charge in [-0.05, 0) is 25.0 Å². The molecule has 0 radical (unpaired) electrons. The topological polar surface area (TPSA) is 43.4 Å². The fourth-order valence-electron chi connectivity index (χ4n) is 2.05. The molecule has 1 saturated heterocycles. The van der Waals surface area contributed by atoms with Crippen molar-refractivity contribution in [1.82, 2.24) is 4.98 Å². The quantitative estimate of drug-likeness (QED) is 0.787. The summed E-state index contributed by atoms with van der Waals surface area (Å²) in [4.78, 5) is 3.53. The van der Waals surface area contributed by atoms with Crippen molar-refractivity contribution in [3.63, 3.8) is 0 Å². The number of nitrogens with zero attached hydrogens (tertiary/aromatic N) is 1. The number of halogens is 3. The third kappa shape index (κ3) is 5.51. The van der Waals surface area contributed by atoms with Crippen molar-refractivity contribution in [2.24, 2.45) is 5.92 Å². The summed E-state index contributed by atoms with van der Waals surface area (Å²) in [6, 6.07) is 3.82. The molecule has 0 unspecified atom stereocenters. The van der Waals surface area contributed by atoms with Crippen molar-refractivity contribution in [2.45, 2.75) is 19.0 Å². The number of nitrogens with one attached hydrogen (secondary N) is 1. The molecule has 2 rings (SSSR count). The highest BCUT2D eigenvalue weighted by atomic mass is 19.4. The molecule has 7 heteroatoms. The largest absolute Gasteiger partial charge is 0.433 e. The van der Waals surface area contributed by atoms with Crippen molar-refractivity contribution in [3.8, 4) is 0 Å². The van der Waals surface area contributed by atoms with Crippen molar-refractivity contribution < 1.29 is 22.6 Å². The smallest absolute Gasteiger partial charge is 0.381 e.